The fourth-order valence-electron chi connectivity index (χ4n) is 2.73. The van der Waals surface area contributed by atoms with Crippen molar-refractivity contribution in [3.63, 3.8) is 0 Å². The van der Waals surface area contributed by atoms with Crippen LogP contribution in [0.5, 0.6) is 11.5 Å². The first-order valence-corrected chi connectivity index (χ1v) is 10.9. The van der Waals surface area contributed by atoms with E-state index in [2.05, 4.69) is 26.1 Å². The maximum atomic E-state index is 12.9. The minimum atomic E-state index is -4.09. The van der Waals surface area contributed by atoms with Crippen molar-refractivity contribution in [2.75, 3.05) is 14.2 Å². The molecule has 2 aromatic heterocycles. The summed E-state index contributed by atoms with van der Waals surface area (Å²) in [6.45, 7) is -0.375. The maximum absolute atomic E-state index is 12.9. The van der Waals surface area contributed by atoms with E-state index in [1.807, 2.05) is 11.4 Å². The largest absolute Gasteiger partial charge is 0.493 e. The van der Waals surface area contributed by atoms with E-state index in [4.69, 9.17) is 14.0 Å². The van der Waals surface area contributed by atoms with Crippen molar-refractivity contribution in [3.05, 3.63) is 39.5 Å². The summed E-state index contributed by atoms with van der Waals surface area (Å²) in [6, 6.07) is 4.42. The summed E-state index contributed by atoms with van der Waals surface area (Å²) in [4.78, 5) is 17.5. The van der Waals surface area contributed by atoms with Gasteiger partial charge in [-0.3, -0.25) is 4.79 Å². The predicted octanol–water partition coefficient (Wildman–Crippen LogP) is 2.92. The Labute approximate surface area is 172 Å². The molecule has 28 heavy (non-hydrogen) atoms. The normalized spacial score (nSPS) is 15.0. The number of benzene rings is 1. The van der Waals surface area contributed by atoms with Crippen LogP contribution in [0.3, 0.4) is 0 Å². The lowest BCUT2D eigenvalue weighted by Crippen LogP contribution is -2.29. The van der Waals surface area contributed by atoms with Gasteiger partial charge in [0.2, 0.25) is 11.7 Å². The summed E-state index contributed by atoms with van der Waals surface area (Å²) in [6.07, 6.45) is 0. The van der Waals surface area contributed by atoms with Crippen LogP contribution >= 0.6 is 27.3 Å². The van der Waals surface area contributed by atoms with Crippen LogP contribution in [0, 0.1) is 0 Å². The van der Waals surface area contributed by atoms with Gasteiger partial charge in [0.1, 0.15) is 11.4 Å². The molecule has 0 unspecified atom stereocenters. The molecule has 0 saturated heterocycles. The van der Waals surface area contributed by atoms with Crippen molar-refractivity contribution in [2.45, 2.75) is 11.4 Å². The molecule has 9 nitrogen and oxygen atoms in total. The Morgan fingerprint density at radius 2 is 1.93 bits per heavy atom. The van der Waals surface area contributed by atoms with Crippen LogP contribution < -0.4 is 9.47 Å². The van der Waals surface area contributed by atoms with E-state index in [0.29, 0.717) is 10.1 Å². The van der Waals surface area contributed by atoms with Crippen LogP contribution in [0.25, 0.3) is 10.7 Å². The van der Waals surface area contributed by atoms with Gasteiger partial charge < -0.3 is 14.0 Å². The number of hydrogen-bond acceptors (Lipinski definition) is 9. The quantitative estimate of drug-likeness (QED) is 0.541. The van der Waals surface area contributed by atoms with Gasteiger partial charge in [0.15, 0.2) is 11.5 Å². The van der Waals surface area contributed by atoms with E-state index in [-0.39, 0.29) is 34.4 Å². The number of nitrogens with zero attached hydrogens (tertiary/aromatic N) is 3. The Kier molecular flexibility index (Phi) is 4.63. The molecule has 1 aliphatic heterocycles. The number of aromatic nitrogens is 2. The van der Waals surface area contributed by atoms with Gasteiger partial charge in [-0.25, -0.2) is 12.7 Å². The third-order valence-corrected chi connectivity index (χ3v) is 7.50. The van der Waals surface area contributed by atoms with Gasteiger partial charge in [0, 0.05) is 15.9 Å². The van der Waals surface area contributed by atoms with Crippen LogP contribution in [-0.4, -0.2) is 43.0 Å². The van der Waals surface area contributed by atoms with Gasteiger partial charge in [0.05, 0.1) is 24.7 Å². The molecule has 4 rings (SSSR count). The van der Waals surface area contributed by atoms with Gasteiger partial charge in [-0.2, -0.15) is 4.98 Å². The van der Waals surface area contributed by atoms with Crippen molar-refractivity contribution in [3.8, 4) is 22.2 Å². The highest BCUT2D eigenvalue weighted by atomic mass is 79.9. The molecule has 1 aromatic carbocycles. The third-order valence-electron chi connectivity index (χ3n) is 4.05. The lowest BCUT2D eigenvalue weighted by atomic mass is 10.2. The number of methoxy groups -OCH3 is 2. The van der Waals surface area contributed by atoms with Gasteiger partial charge in [-0.1, -0.05) is 5.16 Å². The molecule has 146 valence electrons. The smallest absolute Gasteiger partial charge is 0.269 e. The second-order valence-electron chi connectivity index (χ2n) is 5.66. The van der Waals surface area contributed by atoms with Crippen LogP contribution in [0.1, 0.15) is 16.2 Å². The van der Waals surface area contributed by atoms with Crippen molar-refractivity contribution in [2.24, 2.45) is 0 Å². The minimum Gasteiger partial charge on any atom is -0.493 e. The zero-order valence-electron chi connectivity index (χ0n) is 14.5. The first-order valence-electron chi connectivity index (χ1n) is 7.75. The van der Waals surface area contributed by atoms with Crippen molar-refractivity contribution in [1.29, 1.82) is 0 Å². The van der Waals surface area contributed by atoms with Crippen LogP contribution in [-0.2, 0) is 16.6 Å². The van der Waals surface area contributed by atoms with Gasteiger partial charge >= 0.3 is 0 Å². The molecule has 1 aliphatic rings. The van der Waals surface area contributed by atoms with Crippen LogP contribution in [0.4, 0.5) is 0 Å². The number of carbonyl (C=O) groups excluding carboxylic acids is 1. The molecular formula is C16H12BrN3O6S2. The number of amides is 1. The van der Waals surface area contributed by atoms with E-state index in [0.717, 1.165) is 9.35 Å². The number of rotatable bonds is 5. The van der Waals surface area contributed by atoms with Crippen molar-refractivity contribution < 1.29 is 27.2 Å². The minimum absolute atomic E-state index is 0.000392. The van der Waals surface area contributed by atoms with Crippen molar-refractivity contribution >= 4 is 43.2 Å². The summed E-state index contributed by atoms with van der Waals surface area (Å²) in [5.74, 6) is 0.0890. The number of fused-ring (bicyclic) bond motifs is 1. The molecule has 0 fully saturated rings. The van der Waals surface area contributed by atoms with Gasteiger partial charge in [-0.05, 0) is 28.1 Å². The molecule has 0 aliphatic carbocycles. The summed E-state index contributed by atoms with van der Waals surface area (Å²) in [5.41, 5.74) is -0.000392. The molecule has 3 aromatic rings. The average Bonchev–Trinajstić information content (AvgIpc) is 3.36. The Hall–Kier alpha value is -2.44. The number of halogens is 1. The lowest BCUT2D eigenvalue weighted by molar-refractivity contribution is 0.0854. The summed E-state index contributed by atoms with van der Waals surface area (Å²) >= 11 is 4.74. The first kappa shape index (κ1) is 18.9. The Morgan fingerprint density at radius 3 is 2.57 bits per heavy atom. The highest BCUT2D eigenvalue weighted by Crippen LogP contribution is 2.39. The van der Waals surface area contributed by atoms with Gasteiger partial charge in [0.25, 0.3) is 15.9 Å². The molecule has 0 saturated carbocycles. The summed E-state index contributed by atoms with van der Waals surface area (Å²) < 4.78 is 42.7. The zero-order chi connectivity index (χ0) is 20.1. The maximum Gasteiger partial charge on any atom is 0.269 e. The third kappa shape index (κ3) is 2.97. The Bertz CT molecular complexity index is 1190. The fraction of sp³-hybridized carbons (Fsp3) is 0.188. The molecule has 0 atom stereocenters. The van der Waals surface area contributed by atoms with Crippen LogP contribution in [0.2, 0.25) is 0 Å². The van der Waals surface area contributed by atoms with E-state index in [1.54, 1.807) is 0 Å². The standard InChI is InChI=1S/C16H12BrN3O6S2/c1-24-10-4-9-13(5-11(10)25-2)28(22,23)20(16(9)21)6-14-18-15(19-26-14)12-3-8(17)7-27-12/h3-5,7H,6H2,1-2H3. The number of sulfonamides is 1. The Balaban J connectivity index is 1.68. The van der Waals surface area contributed by atoms with E-state index in [9.17, 15) is 13.2 Å². The summed E-state index contributed by atoms with van der Waals surface area (Å²) in [5, 5.41) is 5.71. The highest BCUT2D eigenvalue weighted by molar-refractivity contribution is 9.10. The van der Waals surface area contributed by atoms with Crippen molar-refractivity contribution in [1.82, 2.24) is 14.4 Å². The highest BCUT2D eigenvalue weighted by Gasteiger charge is 2.43. The second-order valence-corrected chi connectivity index (χ2v) is 9.32. The number of ether oxygens (including phenoxy) is 2. The molecule has 0 spiro atoms. The van der Waals surface area contributed by atoms with Crippen LogP contribution in [0.15, 0.2) is 37.5 Å². The molecule has 0 bridgehead atoms. The fourth-order valence-corrected chi connectivity index (χ4v) is 5.60. The SMILES string of the molecule is COc1cc2c(cc1OC)S(=O)(=O)N(Cc1nc(-c3cc(Br)cs3)no1)C2=O. The topological polar surface area (TPSA) is 112 Å². The van der Waals surface area contributed by atoms with Gasteiger partial charge in [-0.15, -0.1) is 11.3 Å². The second kappa shape index (κ2) is 6.87. The first-order chi connectivity index (χ1) is 13.3. The molecule has 3 heterocycles. The zero-order valence-corrected chi connectivity index (χ0v) is 17.7. The summed E-state index contributed by atoms with van der Waals surface area (Å²) in [7, 11) is -1.30. The number of carbonyl (C=O) groups is 1. The lowest BCUT2D eigenvalue weighted by Gasteiger charge is -2.11. The predicted molar refractivity (Wildman–Crippen MR) is 102 cm³/mol. The Morgan fingerprint density at radius 1 is 1.21 bits per heavy atom. The van der Waals surface area contributed by atoms with E-state index in [1.165, 1.54) is 37.7 Å². The molecule has 0 radical (unpaired) electrons. The van der Waals surface area contributed by atoms with E-state index < -0.39 is 15.9 Å². The van der Waals surface area contributed by atoms with E-state index >= 15 is 0 Å². The number of thiophene rings is 1. The monoisotopic (exact) mass is 485 g/mol. The molecular weight excluding hydrogens is 474 g/mol. The molecule has 0 N–H and O–H groups in total. The molecule has 1 amide bonds. The average molecular weight is 486 g/mol. The molecule has 12 heteroatoms. The number of hydrogen-bond donors (Lipinski definition) is 0.